The fourth-order valence-electron chi connectivity index (χ4n) is 4.62. The molecule has 2 N–H and O–H groups in total. The summed E-state index contributed by atoms with van der Waals surface area (Å²) in [6, 6.07) is 11.5. The molecule has 188 valence electrons. The second-order valence-electron chi connectivity index (χ2n) is 9.18. The van der Waals surface area contributed by atoms with Crippen LogP contribution in [0.1, 0.15) is 41.3 Å². The van der Waals surface area contributed by atoms with E-state index in [2.05, 4.69) is 33.4 Å². The molecule has 1 fully saturated rings. The highest BCUT2D eigenvalue weighted by Crippen LogP contribution is 2.22. The number of carbonyl (C=O) groups is 2. The Hall–Kier alpha value is -3.17. The molecule has 4 rings (SSSR count). The second kappa shape index (κ2) is 11.5. The quantitative estimate of drug-likeness (QED) is 0.589. The molecule has 1 atom stereocenters. The molecule has 0 spiro atoms. The van der Waals surface area contributed by atoms with E-state index in [9.17, 15) is 14.7 Å². The largest absolute Gasteiger partial charge is 0.481 e. The molecule has 3 heterocycles. The van der Waals surface area contributed by atoms with Crippen molar-refractivity contribution in [3.05, 3.63) is 53.1 Å². The molecule has 2 aliphatic rings. The number of β-amino-alcohol motifs (C(OH)–C–C–N with tert-alkyl or cyclic N) is 1. The van der Waals surface area contributed by atoms with E-state index >= 15 is 0 Å². The molecule has 35 heavy (non-hydrogen) atoms. The number of nitrogens with one attached hydrogen (secondary N) is 1. The SMILES string of the molecule is COc1cc(C(=O)NC[C@H](O)CN2CCc3ccccc3C2)cc(OC2CCN(C(C)=O)CC2)n1. The van der Waals surface area contributed by atoms with Crippen LogP contribution < -0.4 is 14.8 Å². The third-order valence-electron chi connectivity index (χ3n) is 6.60. The standard InChI is InChI=1S/C26H34N4O5/c1-18(31)30-11-8-23(9-12-30)35-25-14-21(13-24(28-25)34-2)26(33)27-15-22(32)17-29-10-7-19-5-3-4-6-20(19)16-29/h3-6,13-14,22-23,32H,7-12,15-17H2,1-2H3,(H,27,33)/t22-/m0/s1. The van der Waals surface area contributed by atoms with Crippen molar-refractivity contribution >= 4 is 11.8 Å². The van der Waals surface area contributed by atoms with E-state index in [4.69, 9.17) is 9.47 Å². The van der Waals surface area contributed by atoms with Gasteiger partial charge in [0, 0.05) is 71.2 Å². The first-order valence-corrected chi connectivity index (χ1v) is 12.1. The summed E-state index contributed by atoms with van der Waals surface area (Å²) in [5.41, 5.74) is 3.01. The van der Waals surface area contributed by atoms with Crippen molar-refractivity contribution in [2.75, 3.05) is 39.8 Å². The van der Waals surface area contributed by atoms with Crippen molar-refractivity contribution in [3.63, 3.8) is 0 Å². The molecular weight excluding hydrogens is 448 g/mol. The van der Waals surface area contributed by atoms with Gasteiger partial charge in [0.05, 0.1) is 18.8 Å². The van der Waals surface area contributed by atoms with Gasteiger partial charge in [-0.15, -0.1) is 0 Å². The van der Waals surface area contributed by atoms with Gasteiger partial charge in [0.1, 0.15) is 6.10 Å². The zero-order valence-corrected chi connectivity index (χ0v) is 20.4. The average Bonchev–Trinajstić information content (AvgIpc) is 2.87. The van der Waals surface area contributed by atoms with Crippen LogP contribution in [0.2, 0.25) is 0 Å². The molecule has 9 nitrogen and oxygen atoms in total. The fraction of sp³-hybridized carbons (Fsp3) is 0.500. The Bertz CT molecular complexity index is 1040. The van der Waals surface area contributed by atoms with Crippen LogP contribution in [0, 0.1) is 0 Å². The third-order valence-corrected chi connectivity index (χ3v) is 6.60. The van der Waals surface area contributed by atoms with Gasteiger partial charge in [0.2, 0.25) is 17.7 Å². The Balaban J connectivity index is 1.29. The minimum absolute atomic E-state index is 0.0641. The molecule has 0 radical (unpaired) electrons. The predicted octanol–water partition coefficient (Wildman–Crippen LogP) is 1.63. The number of likely N-dealkylation sites (tertiary alicyclic amines) is 1. The molecule has 0 aliphatic carbocycles. The highest BCUT2D eigenvalue weighted by Gasteiger charge is 2.23. The molecule has 1 aromatic heterocycles. The van der Waals surface area contributed by atoms with E-state index in [1.54, 1.807) is 24.0 Å². The lowest BCUT2D eigenvalue weighted by Gasteiger charge is -2.31. The third kappa shape index (κ3) is 6.70. The number of benzene rings is 1. The lowest BCUT2D eigenvalue weighted by atomic mass is 10.00. The summed E-state index contributed by atoms with van der Waals surface area (Å²) in [7, 11) is 1.49. The number of piperidine rings is 1. The van der Waals surface area contributed by atoms with Crippen molar-refractivity contribution in [1.29, 1.82) is 0 Å². The van der Waals surface area contributed by atoms with E-state index in [-0.39, 0.29) is 30.3 Å². The van der Waals surface area contributed by atoms with Gasteiger partial charge >= 0.3 is 0 Å². The van der Waals surface area contributed by atoms with Crippen LogP contribution in [-0.2, 0) is 17.8 Å². The lowest BCUT2D eigenvalue weighted by molar-refractivity contribution is -0.130. The number of ether oxygens (including phenoxy) is 2. The smallest absolute Gasteiger partial charge is 0.251 e. The van der Waals surface area contributed by atoms with Crippen LogP contribution >= 0.6 is 0 Å². The minimum Gasteiger partial charge on any atom is -0.481 e. The number of aliphatic hydroxyl groups excluding tert-OH is 1. The number of carbonyl (C=O) groups excluding carboxylic acids is 2. The Morgan fingerprint density at radius 1 is 1.14 bits per heavy atom. The Labute approximate surface area is 206 Å². The van der Waals surface area contributed by atoms with Gasteiger partial charge in [-0.2, -0.15) is 4.98 Å². The number of hydrogen-bond donors (Lipinski definition) is 2. The lowest BCUT2D eigenvalue weighted by Crippen LogP contribution is -2.42. The number of rotatable bonds is 8. The molecule has 2 aromatic rings. The highest BCUT2D eigenvalue weighted by molar-refractivity contribution is 5.94. The number of aliphatic hydroxyl groups is 1. The zero-order valence-electron chi connectivity index (χ0n) is 20.4. The second-order valence-corrected chi connectivity index (χ2v) is 9.18. The van der Waals surface area contributed by atoms with Gasteiger partial charge in [-0.3, -0.25) is 14.5 Å². The van der Waals surface area contributed by atoms with Gasteiger partial charge in [0.25, 0.3) is 5.91 Å². The minimum atomic E-state index is -0.685. The summed E-state index contributed by atoms with van der Waals surface area (Å²) >= 11 is 0. The zero-order chi connectivity index (χ0) is 24.8. The van der Waals surface area contributed by atoms with E-state index in [0.29, 0.717) is 43.9 Å². The number of nitrogens with zero attached hydrogens (tertiary/aromatic N) is 3. The van der Waals surface area contributed by atoms with E-state index in [0.717, 1.165) is 19.5 Å². The molecule has 2 aliphatic heterocycles. The van der Waals surface area contributed by atoms with Crippen LogP contribution in [-0.4, -0.2) is 83.7 Å². The van der Waals surface area contributed by atoms with Crippen molar-refractivity contribution < 1.29 is 24.2 Å². The first kappa shape index (κ1) is 24.9. The molecule has 0 bridgehead atoms. The van der Waals surface area contributed by atoms with Crippen LogP contribution in [0.15, 0.2) is 36.4 Å². The van der Waals surface area contributed by atoms with Crippen LogP contribution in [0.25, 0.3) is 0 Å². The monoisotopic (exact) mass is 482 g/mol. The number of pyridine rings is 1. The summed E-state index contributed by atoms with van der Waals surface area (Å²) in [6.07, 6.45) is 1.59. The van der Waals surface area contributed by atoms with E-state index in [1.807, 2.05) is 6.07 Å². The maximum absolute atomic E-state index is 12.8. The Kier molecular flexibility index (Phi) is 8.20. The molecular formula is C26H34N4O5. The first-order chi connectivity index (χ1) is 16.9. The predicted molar refractivity (Wildman–Crippen MR) is 130 cm³/mol. The fourth-order valence-corrected chi connectivity index (χ4v) is 4.62. The van der Waals surface area contributed by atoms with E-state index in [1.165, 1.54) is 18.2 Å². The summed E-state index contributed by atoms with van der Waals surface area (Å²) in [5, 5.41) is 13.3. The average molecular weight is 483 g/mol. The van der Waals surface area contributed by atoms with Crippen LogP contribution in [0.3, 0.4) is 0 Å². The molecule has 0 unspecified atom stereocenters. The molecule has 2 amide bonds. The molecule has 1 aromatic carbocycles. The summed E-state index contributed by atoms with van der Waals surface area (Å²) in [6.45, 7) is 5.15. The Morgan fingerprint density at radius 2 is 1.86 bits per heavy atom. The maximum Gasteiger partial charge on any atom is 0.251 e. The normalized spacial score (nSPS) is 17.4. The van der Waals surface area contributed by atoms with Crippen molar-refractivity contribution in [3.8, 4) is 11.8 Å². The topological polar surface area (TPSA) is 104 Å². The Morgan fingerprint density at radius 3 is 2.57 bits per heavy atom. The molecule has 9 heteroatoms. The maximum atomic E-state index is 12.8. The summed E-state index contributed by atoms with van der Waals surface area (Å²) in [4.78, 5) is 32.7. The number of amides is 2. The number of hydrogen-bond acceptors (Lipinski definition) is 7. The van der Waals surface area contributed by atoms with Gasteiger partial charge in [-0.1, -0.05) is 24.3 Å². The van der Waals surface area contributed by atoms with Gasteiger partial charge in [0.15, 0.2) is 0 Å². The number of methoxy groups -OCH3 is 1. The van der Waals surface area contributed by atoms with Gasteiger partial charge in [-0.05, 0) is 17.5 Å². The summed E-state index contributed by atoms with van der Waals surface area (Å²) in [5.74, 6) is 0.323. The highest BCUT2D eigenvalue weighted by atomic mass is 16.5. The van der Waals surface area contributed by atoms with E-state index < -0.39 is 6.10 Å². The van der Waals surface area contributed by atoms with Gasteiger partial charge in [-0.25, -0.2) is 0 Å². The summed E-state index contributed by atoms with van der Waals surface area (Å²) < 4.78 is 11.3. The van der Waals surface area contributed by atoms with Crippen molar-refractivity contribution in [2.24, 2.45) is 0 Å². The number of aromatic nitrogens is 1. The van der Waals surface area contributed by atoms with Crippen molar-refractivity contribution in [1.82, 2.24) is 20.1 Å². The first-order valence-electron chi connectivity index (χ1n) is 12.1. The van der Waals surface area contributed by atoms with Crippen molar-refractivity contribution in [2.45, 2.75) is 44.9 Å². The van der Waals surface area contributed by atoms with Crippen LogP contribution in [0.4, 0.5) is 0 Å². The molecule has 0 saturated carbocycles. The number of fused-ring (bicyclic) bond motifs is 1. The van der Waals surface area contributed by atoms with Gasteiger partial charge < -0.3 is 24.8 Å². The molecule has 1 saturated heterocycles. The van der Waals surface area contributed by atoms with Crippen LogP contribution in [0.5, 0.6) is 11.8 Å².